The van der Waals surface area contributed by atoms with Gasteiger partial charge in [0.2, 0.25) is 0 Å². The molecule has 0 radical (unpaired) electrons. The summed E-state index contributed by atoms with van der Waals surface area (Å²) >= 11 is 1.68. The molecule has 0 spiro atoms. The van der Waals surface area contributed by atoms with E-state index in [1.165, 1.54) is 10.9 Å². The molecule has 2 N–H and O–H groups in total. The fourth-order valence-corrected chi connectivity index (χ4v) is 2.69. The Morgan fingerprint density at radius 3 is 2.94 bits per heavy atom. The second-order valence-electron chi connectivity index (χ2n) is 3.91. The number of rotatable bonds is 3. The monoisotopic (exact) mass is 243 g/mol. The van der Waals surface area contributed by atoms with Crippen LogP contribution in [0.4, 0.5) is 0 Å². The van der Waals surface area contributed by atoms with Crippen LogP contribution in [0.5, 0.6) is 0 Å². The summed E-state index contributed by atoms with van der Waals surface area (Å²) in [6.45, 7) is 1.36. The van der Waals surface area contributed by atoms with Gasteiger partial charge in [0, 0.05) is 29.3 Å². The van der Waals surface area contributed by atoms with Crippen molar-refractivity contribution in [2.75, 3.05) is 0 Å². The van der Waals surface area contributed by atoms with E-state index < -0.39 is 0 Å². The molecule has 2 heterocycles. The maximum Gasteiger partial charge on any atom is 0.112 e. The van der Waals surface area contributed by atoms with Gasteiger partial charge in [0.05, 0.1) is 6.54 Å². The van der Waals surface area contributed by atoms with Gasteiger partial charge in [-0.05, 0) is 17.5 Å². The summed E-state index contributed by atoms with van der Waals surface area (Å²) in [6, 6.07) is 10.5. The van der Waals surface area contributed by atoms with Crippen LogP contribution in [0.25, 0.3) is 10.9 Å². The van der Waals surface area contributed by atoms with Gasteiger partial charge < -0.3 is 10.3 Å². The van der Waals surface area contributed by atoms with Crippen LogP contribution in [0.15, 0.2) is 41.9 Å². The highest BCUT2D eigenvalue weighted by Gasteiger charge is 2.08. The predicted octanol–water partition coefficient (Wildman–Crippen LogP) is 2.60. The molecule has 3 aromatic rings. The normalized spacial score (nSPS) is 11.1. The largest absolute Gasteiger partial charge is 0.336 e. The Morgan fingerprint density at radius 2 is 2.18 bits per heavy atom. The molecule has 1 aromatic carbocycles. The Labute approximate surface area is 104 Å². The Morgan fingerprint density at radius 1 is 1.29 bits per heavy atom. The Hall–Kier alpha value is -1.65. The number of benzene rings is 1. The van der Waals surface area contributed by atoms with E-state index in [2.05, 4.69) is 39.9 Å². The minimum Gasteiger partial charge on any atom is -0.336 e. The van der Waals surface area contributed by atoms with E-state index in [4.69, 9.17) is 5.73 Å². The zero-order chi connectivity index (χ0) is 11.7. The Bertz CT molecular complexity index is 625. The number of hydrogen-bond donors (Lipinski definition) is 1. The van der Waals surface area contributed by atoms with E-state index in [9.17, 15) is 0 Å². The molecule has 0 aliphatic carbocycles. The van der Waals surface area contributed by atoms with E-state index in [-0.39, 0.29) is 0 Å². The molecule has 0 bridgehead atoms. The Kier molecular flexibility index (Phi) is 2.66. The van der Waals surface area contributed by atoms with E-state index in [1.807, 2.05) is 11.6 Å². The lowest BCUT2D eigenvalue weighted by Crippen LogP contribution is -2.07. The van der Waals surface area contributed by atoms with Crippen molar-refractivity contribution in [2.24, 2.45) is 5.73 Å². The highest BCUT2D eigenvalue weighted by Crippen LogP contribution is 2.21. The van der Waals surface area contributed by atoms with Crippen LogP contribution >= 0.6 is 11.3 Å². The predicted molar refractivity (Wildman–Crippen MR) is 71.0 cm³/mol. The van der Waals surface area contributed by atoms with Gasteiger partial charge in [0.25, 0.3) is 0 Å². The first-order valence-corrected chi connectivity index (χ1v) is 6.42. The third-order valence-corrected chi connectivity index (χ3v) is 3.65. The molecule has 86 valence electrons. The average Bonchev–Trinajstić information content (AvgIpc) is 2.98. The zero-order valence-corrected chi connectivity index (χ0v) is 10.2. The van der Waals surface area contributed by atoms with E-state index >= 15 is 0 Å². The van der Waals surface area contributed by atoms with Crippen LogP contribution < -0.4 is 5.73 Å². The summed E-state index contributed by atoms with van der Waals surface area (Å²) in [6.07, 6.45) is 1.84. The third kappa shape index (κ3) is 1.85. The minimum atomic E-state index is 0.556. The van der Waals surface area contributed by atoms with Gasteiger partial charge in [-0.1, -0.05) is 18.2 Å². The number of fused-ring (bicyclic) bond motifs is 1. The summed E-state index contributed by atoms with van der Waals surface area (Å²) in [7, 11) is 0. The molecule has 0 fully saturated rings. The number of aromatic nitrogens is 2. The Balaban J connectivity index is 2.12. The highest BCUT2D eigenvalue weighted by molar-refractivity contribution is 7.09. The summed E-state index contributed by atoms with van der Waals surface area (Å²) in [5.41, 5.74) is 8.18. The molecule has 0 atom stereocenters. The lowest BCUT2D eigenvalue weighted by molar-refractivity contribution is 0.763. The molecule has 0 aliphatic heterocycles. The van der Waals surface area contributed by atoms with Crippen LogP contribution in [0.2, 0.25) is 0 Å². The topological polar surface area (TPSA) is 43.8 Å². The van der Waals surface area contributed by atoms with Crippen molar-refractivity contribution in [3.63, 3.8) is 0 Å². The van der Waals surface area contributed by atoms with Crippen molar-refractivity contribution >= 4 is 22.2 Å². The van der Waals surface area contributed by atoms with E-state index in [0.717, 1.165) is 17.2 Å². The molecular weight excluding hydrogens is 230 g/mol. The van der Waals surface area contributed by atoms with Gasteiger partial charge in [-0.25, -0.2) is 4.98 Å². The number of nitrogens with two attached hydrogens (primary N) is 1. The molecule has 0 aliphatic rings. The fourth-order valence-electron chi connectivity index (χ4n) is 2.09. The van der Waals surface area contributed by atoms with Gasteiger partial charge in [-0.3, -0.25) is 0 Å². The molecule has 17 heavy (non-hydrogen) atoms. The standard InChI is InChI=1S/C13H13N3S/c14-8-11-7-10-3-1-2-4-12(10)16(11)9-13-15-5-6-17-13/h1-7H,8-9,14H2. The molecule has 3 rings (SSSR count). The van der Waals surface area contributed by atoms with Crippen LogP contribution in [0.3, 0.4) is 0 Å². The quantitative estimate of drug-likeness (QED) is 0.768. The van der Waals surface area contributed by atoms with Crippen LogP contribution in [0.1, 0.15) is 10.7 Å². The van der Waals surface area contributed by atoms with E-state index in [0.29, 0.717) is 6.54 Å². The van der Waals surface area contributed by atoms with Crippen molar-refractivity contribution in [2.45, 2.75) is 13.1 Å². The SMILES string of the molecule is NCc1cc2ccccc2n1Cc1nccs1. The second kappa shape index (κ2) is 4.31. The van der Waals surface area contributed by atoms with Crippen molar-refractivity contribution in [3.8, 4) is 0 Å². The summed E-state index contributed by atoms with van der Waals surface area (Å²) < 4.78 is 2.24. The summed E-state index contributed by atoms with van der Waals surface area (Å²) in [5.74, 6) is 0. The molecule has 4 heteroatoms. The van der Waals surface area contributed by atoms with Crippen molar-refractivity contribution in [1.82, 2.24) is 9.55 Å². The first-order valence-electron chi connectivity index (χ1n) is 5.54. The molecule has 0 unspecified atom stereocenters. The smallest absolute Gasteiger partial charge is 0.112 e. The third-order valence-electron chi connectivity index (χ3n) is 2.88. The van der Waals surface area contributed by atoms with Crippen LogP contribution in [-0.2, 0) is 13.1 Å². The maximum absolute atomic E-state index is 5.81. The van der Waals surface area contributed by atoms with Crippen molar-refractivity contribution in [1.29, 1.82) is 0 Å². The number of para-hydroxylation sites is 1. The molecule has 2 aromatic heterocycles. The fraction of sp³-hybridized carbons (Fsp3) is 0.154. The first kappa shape index (κ1) is 10.5. The number of thiazole rings is 1. The second-order valence-corrected chi connectivity index (χ2v) is 4.89. The van der Waals surface area contributed by atoms with Gasteiger partial charge in [0.15, 0.2) is 0 Å². The van der Waals surface area contributed by atoms with Crippen LogP contribution in [0, 0.1) is 0 Å². The molecule has 0 saturated carbocycles. The minimum absolute atomic E-state index is 0.556. The molecule has 0 amide bonds. The molecule has 3 nitrogen and oxygen atoms in total. The first-order chi connectivity index (χ1) is 8.38. The average molecular weight is 243 g/mol. The maximum atomic E-state index is 5.81. The van der Waals surface area contributed by atoms with Crippen molar-refractivity contribution < 1.29 is 0 Å². The van der Waals surface area contributed by atoms with Crippen molar-refractivity contribution in [3.05, 3.63) is 52.6 Å². The summed E-state index contributed by atoms with van der Waals surface area (Å²) in [5, 5.41) is 4.36. The number of hydrogen-bond acceptors (Lipinski definition) is 3. The number of nitrogens with zero attached hydrogens (tertiary/aromatic N) is 2. The molecule has 0 saturated heterocycles. The van der Waals surface area contributed by atoms with Gasteiger partial charge >= 0.3 is 0 Å². The zero-order valence-electron chi connectivity index (χ0n) is 9.34. The van der Waals surface area contributed by atoms with E-state index in [1.54, 1.807) is 11.3 Å². The van der Waals surface area contributed by atoms with Gasteiger partial charge in [-0.15, -0.1) is 11.3 Å². The molecular formula is C13H13N3S. The van der Waals surface area contributed by atoms with Gasteiger partial charge in [-0.2, -0.15) is 0 Å². The lowest BCUT2D eigenvalue weighted by Gasteiger charge is -2.07. The van der Waals surface area contributed by atoms with Gasteiger partial charge in [0.1, 0.15) is 5.01 Å². The van der Waals surface area contributed by atoms with Crippen LogP contribution in [-0.4, -0.2) is 9.55 Å². The summed E-state index contributed by atoms with van der Waals surface area (Å²) in [4.78, 5) is 4.33. The highest BCUT2D eigenvalue weighted by atomic mass is 32.1. The lowest BCUT2D eigenvalue weighted by atomic mass is 10.2.